The molecule has 0 saturated carbocycles. The van der Waals surface area contributed by atoms with Crippen LogP contribution >= 0.6 is 23.7 Å². The number of rotatable bonds is 4. The fraction of sp³-hybridized carbons (Fsp3) is 0.714. The second kappa shape index (κ2) is 7.49. The second-order valence-corrected chi connectivity index (χ2v) is 6.70. The number of nitrogens with one attached hydrogen (secondary N) is 1. The molecule has 2 heterocycles. The van der Waals surface area contributed by atoms with Crippen LogP contribution in [0.25, 0.3) is 0 Å². The summed E-state index contributed by atoms with van der Waals surface area (Å²) in [5.74, 6) is 0.841. The number of likely N-dealkylation sites (tertiary alicyclic amines) is 1. The maximum atomic E-state index is 3.31. The first-order chi connectivity index (χ1) is 8.19. The largest absolute Gasteiger partial charge is 0.319 e. The Bertz CT molecular complexity index is 363. The zero-order valence-corrected chi connectivity index (χ0v) is 13.3. The van der Waals surface area contributed by atoms with Gasteiger partial charge in [-0.25, -0.2) is 0 Å². The van der Waals surface area contributed by atoms with Gasteiger partial charge in [0.15, 0.2) is 0 Å². The molecule has 104 valence electrons. The summed E-state index contributed by atoms with van der Waals surface area (Å²) in [4.78, 5) is 5.57. The van der Waals surface area contributed by atoms with E-state index in [1.54, 1.807) is 0 Å². The van der Waals surface area contributed by atoms with Gasteiger partial charge in [-0.1, -0.05) is 0 Å². The summed E-state index contributed by atoms with van der Waals surface area (Å²) in [6, 6.07) is 2.36. The van der Waals surface area contributed by atoms with E-state index in [2.05, 4.69) is 37.2 Å². The molecule has 1 atom stereocenters. The first-order valence-electron chi connectivity index (χ1n) is 6.62. The maximum Gasteiger partial charge on any atom is 0.0244 e. The quantitative estimate of drug-likeness (QED) is 0.915. The summed E-state index contributed by atoms with van der Waals surface area (Å²) >= 11 is 1.93. The van der Waals surface area contributed by atoms with E-state index in [-0.39, 0.29) is 12.4 Å². The lowest BCUT2D eigenvalue weighted by atomic mass is 9.97. The van der Waals surface area contributed by atoms with Crippen molar-refractivity contribution in [2.24, 2.45) is 5.92 Å². The van der Waals surface area contributed by atoms with Crippen molar-refractivity contribution in [2.75, 3.05) is 26.7 Å². The predicted molar refractivity (Wildman–Crippen MR) is 83.0 cm³/mol. The summed E-state index contributed by atoms with van der Waals surface area (Å²) < 4.78 is 0. The van der Waals surface area contributed by atoms with Crippen LogP contribution in [0.3, 0.4) is 0 Å². The highest BCUT2D eigenvalue weighted by molar-refractivity contribution is 7.12. The average Bonchev–Trinajstić information content (AvgIpc) is 2.58. The highest BCUT2D eigenvalue weighted by Crippen LogP contribution is 2.24. The minimum Gasteiger partial charge on any atom is -0.319 e. The van der Waals surface area contributed by atoms with Crippen molar-refractivity contribution in [3.8, 4) is 0 Å². The normalized spacial score (nSPS) is 20.7. The van der Waals surface area contributed by atoms with E-state index in [0.29, 0.717) is 0 Å². The molecule has 1 aromatic heterocycles. The van der Waals surface area contributed by atoms with Crippen molar-refractivity contribution in [1.82, 2.24) is 10.2 Å². The number of thiophene rings is 1. The fourth-order valence-corrected chi connectivity index (χ4v) is 3.77. The number of hydrogen-bond donors (Lipinski definition) is 1. The van der Waals surface area contributed by atoms with Gasteiger partial charge >= 0.3 is 0 Å². The Balaban J connectivity index is 0.00000162. The van der Waals surface area contributed by atoms with Crippen molar-refractivity contribution in [3.05, 3.63) is 21.4 Å². The Morgan fingerprint density at radius 1 is 1.44 bits per heavy atom. The van der Waals surface area contributed by atoms with Gasteiger partial charge in [-0.3, -0.25) is 4.90 Å². The van der Waals surface area contributed by atoms with Gasteiger partial charge in [0.2, 0.25) is 0 Å². The molecule has 1 unspecified atom stereocenters. The fourth-order valence-electron chi connectivity index (χ4n) is 2.83. The highest BCUT2D eigenvalue weighted by atomic mass is 35.5. The minimum atomic E-state index is 0. The monoisotopic (exact) mass is 288 g/mol. The van der Waals surface area contributed by atoms with E-state index >= 15 is 0 Å². The number of nitrogens with zero attached hydrogens (tertiary/aromatic N) is 1. The third-order valence-electron chi connectivity index (χ3n) is 3.63. The topological polar surface area (TPSA) is 15.3 Å². The van der Waals surface area contributed by atoms with E-state index in [0.717, 1.165) is 19.0 Å². The Morgan fingerprint density at radius 2 is 2.22 bits per heavy atom. The molecule has 0 amide bonds. The lowest BCUT2D eigenvalue weighted by Crippen LogP contribution is -2.38. The summed E-state index contributed by atoms with van der Waals surface area (Å²) in [6.07, 6.45) is 2.74. The van der Waals surface area contributed by atoms with Gasteiger partial charge in [-0.05, 0) is 64.4 Å². The lowest BCUT2D eigenvalue weighted by Gasteiger charge is -2.32. The molecule has 18 heavy (non-hydrogen) atoms. The van der Waals surface area contributed by atoms with Gasteiger partial charge in [0.1, 0.15) is 0 Å². The smallest absolute Gasteiger partial charge is 0.0244 e. The third kappa shape index (κ3) is 4.23. The summed E-state index contributed by atoms with van der Waals surface area (Å²) in [5.41, 5.74) is 1.54. The second-order valence-electron chi connectivity index (χ2n) is 5.24. The molecular formula is C14H25ClN2S. The van der Waals surface area contributed by atoms with Crippen LogP contribution < -0.4 is 5.32 Å². The Hall–Kier alpha value is -0.0900. The lowest BCUT2D eigenvalue weighted by molar-refractivity contribution is 0.167. The SMILES string of the molecule is CNCC1CCCN(Cc2cc(C)sc2C)C1.Cl. The van der Waals surface area contributed by atoms with Crippen LogP contribution in [-0.2, 0) is 6.54 Å². The van der Waals surface area contributed by atoms with Crippen LogP contribution in [0, 0.1) is 19.8 Å². The van der Waals surface area contributed by atoms with Crippen molar-refractivity contribution in [3.63, 3.8) is 0 Å². The first kappa shape index (κ1) is 16.0. The summed E-state index contributed by atoms with van der Waals surface area (Å²) in [7, 11) is 2.06. The molecular weight excluding hydrogens is 264 g/mol. The summed E-state index contributed by atoms with van der Waals surface area (Å²) in [6.45, 7) is 9.31. The van der Waals surface area contributed by atoms with Crippen molar-refractivity contribution in [2.45, 2.75) is 33.2 Å². The number of halogens is 1. The van der Waals surface area contributed by atoms with Crippen LogP contribution in [-0.4, -0.2) is 31.6 Å². The van der Waals surface area contributed by atoms with Gasteiger partial charge in [0, 0.05) is 22.8 Å². The van der Waals surface area contributed by atoms with Gasteiger partial charge in [0.25, 0.3) is 0 Å². The molecule has 1 saturated heterocycles. The molecule has 1 fully saturated rings. The molecule has 2 rings (SSSR count). The van der Waals surface area contributed by atoms with Crippen molar-refractivity contribution in [1.29, 1.82) is 0 Å². The van der Waals surface area contributed by atoms with Gasteiger partial charge in [-0.15, -0.1) is 23.7 Å². The van der Waals surface area contributed by atoms with Crippen LogP contribution in [0.1, 0.15) is 28.2 Å². The molecule has 4 heteroatoms. The number of hydrogen-bond acceptors (Lipinski definition) is 3. The molecule has 0 bridgehead atoms. The standard InChI is InChI=1S/C14H24N2S.ClH/c1-11-7-14(12(2)17-11)10-16-6-4-5-13(9-16)8-15-3;/h7,13,15H,4-6,8-10H2,1-3H3;1H. The van der Waals surface area contributed by atoms with Crippen LogP contribution in [0.2, 0.25) is 0 Å². The molecule has 1 aliphatic heterocycles. The molecule has 0 aliphatic carbocycles. The Kier molecular flexibility index (Phi) is 6.64. The van der Waals surface area contributed by atoms with Crippen molar-refractivity contribution < 1.29 is 0 Å². The van der Waals surface area contributed by atoms with Crippen molar-refractivity contribution >= 4 is 23.7 Å². The van der Waals surface area contributed by atoms with E-state index in [1.807, 2.05) is 11.3 Å². The van der Waals surface area contributed by atoms with E-state index < -0.39 is 0 Å². The summed E-state index contributed by atoms with van der Waals surface area (Å²) in [5, 5.41) is 3.31. The molecule has 1 N–H and O–H groups in total. The molecule has 0 radical (unpaired) electrons. The number of aryl methyl sites for hydroxylation is 2. The molecule has 2 nitrogen and oxygen atoms in total. The average molecular weight is 289 g/mol. The zero-order chi connectivity index (χ0) is 12.3. The van der Waals surface area contributed by atoms with Gasteiger partial charge in [0.05, 0.1) is 0 Å². The highest BCUT2D eigenvalue weighted by Gasteiger charge is 2.20. The first-order valence-corrected chi connectivity index (χ1v) is 7.43. The van der Waals surface area contributed by atoms with Gasteiger partial charge in [-0.2, -0.15) is 0 Å². The Labute approximate surface area is 121 Å². The van der Waals surface area contributed by atoms with E-state index in [9.17, 15) is 0 Å². The third-order valence-corrected chi connectivity index (χ3v) is 4.64. The minimum absolute atomic E-state index is 0. The molecule has 1 aromatic rings. The van der Waals surface area contributed by atoms with Crippen LogP contribution in [0.4, 0.5) is 0 Å². The van der Waals surface area contributed by atoms with Crippen LogP contribution in [0.15, 0.2) is 6.07 Å². The molecule has 0 spiro atoms. The number of piperidine rings is 1. The zero-order valence-electron chi connectivity index (χ0n) is 11.7. The molecule has 0 aromatic carbocycles. The Morgan fingerprint density at radius 3 is 2.83 bits per heavy atom. The predicted octanol–water partition coefficient (Wildman–Crippen LogP) is 3.22. The van der Waals surface area contributed by atoms with Gasteiger partial charge < -0.3 is 5.32 Å². The van der Waals surface area contributed by atoms with Crippen LogP contribution in [0.5, 0.6) is 0 Å². The molecule has 1 aliphatic rings. The van der Waals surface area contributed by atoms with E-state index in [4.69, 9.17) is 0 Å². The maximum absolute atomic E-state index is 3.31. The van der Waals surface area contributed by atoms with E-state index in [1.165, 1.54) is 41.2 Å².